The Hall–Kier alpha value is -2.59. The summed E-state index contributed by atoms with van der Waals surface area (Å²) in [6.07, 6.45) is 0. The predicted molar refractivity (Wildman–Crippen MR) is 67.0 cm³/mol. The number of carboxylic acid groups (broad SMARTS) is 1. The van der Waals surface area contributed by atoms with Gasteiger partial charge in [-0.1, -0.05) is 17.7 Å². The highest BCUT2D eigenvalue weighted by Crippen LogP contribution is 2.25. The van der Waals surface area contributed by atoms with Gasteiger partial charge in [-0.05, 0) is 12.1 Å². The number of aromatic carboxylic acids is 1. The van der Waals surface area contributed by atoms with Crippen LogP contribution >= 0.6 is 11.6 Å². The van der Waals surface area contributed by atoms with Gasteiger partial charge >= 0.3 is 5.97 Å². The fourth-order valence-corrected chi connectivity index (χ4v) is 1.29. The molecule has 0 bridgehead atoms. The second-order valence-corrected chi connectivity index (χ2v) is 3.47. The van der Waals surface area contributed by atoms with E-state index in [2.05, 4.69) is 10.5 Å². The van der Waals surface area contributed by atoms with Crippen LogP contribution in [0.1, 0.15) is 10.4 Å². The highest BCUT2D eigenvalue weighted by Gasteiger charge is 2.13. The molecule has 0 radical (unpaired) electrons. The number of amidine groups is 1. The number of carbonyl (C=O) groups is 1. The zero-order valence-electron chi connectivity index (χ0n) is 8.94. The average molecular weight is 266 g/mol. The Morgan fingerprint density at radius 3 is 2.78 bits per heavy atom. The van der Waals surface area contributed by atoms with Crippen LogP contribution in [-0.2, 0) is 0 Å². The first kappa shape index (κ1) is 13.5. The average Bonchev–Trinajstić information content (AvgIpc) is 2.30. The molecule has 18 heavy (non-hydrogen) atoms. The molecule has 0 saturated heterocycles. The van der Waals surface area contributed by atoms with Crippen molar-refractivity contribution < 1.29 is 9.90 Å². The van der Waals surface area contributed by atoms with Gasteiger partial charge in [-0.25, -0.2) is 4.79 Å². The summed E-state index contributed by atoms with van der Waals surface area (Å²) in [4.78, 5) is 10.9. The number of benzene rings is 1. The SMILES string of the molecule is N#C/C(=N\Nc1c(Cl)cccc1C(=O)O)C(=N)N. The van der Waals surface area contributed by atoms with Crippen LogP contribution in [0.5, 0.6) is 0 Å². The maximum absolute atomic E-state index is 10.9. The summed E-state index contributed by atoms with van der Waals surface area (Å²) in [7, 11) is 0. The molecule has 8 heteroatoms. The molecule has 0 saturated carbocycles. The summed E-state index contributed by atoms with van der Waals surface area (Å²) in [6, 6.07) is 5.85. The van der Waals surface area contributed by atoms with Gasteiger partial charge in [0, 0.05) is 0 Å². The number of carboxylic acids is 1. The van der Waals surface area contributed by atoms with Crippen LogP contribution in [0.2, 0.25) is 5.02 Å². The van der Waals surface area contributed by atoms with Crippen molar-refractivity contribution in [2.75, 3.05) is 5.43 Å². The lowest BCUT2D eigenvalue weighted by Gasteiger charge is -2.07. The van der Waals surface area contributed by atoms with Gasteiger partial charge in [-0.15, -0.1) is 0 Å². The van der Waals surface area contributed by atoms with Crippen LogP contribution in [0.15, 0.2) is 23.3 Å². The Bertz CT molecular complexity index is 576. The zero-order valence-corrected chi connectivity index (χ0v) is 9.69. The topological polar surface area (TPSA) is 135 Å². The lowest BCUT2D eigenvalue weighted by Crippen LogP contribution is -2.22. The Kier molecular flexibility index (Phi) is 4.23. The van der Waals surface area contributed by atoms with E-state index in [1.54, 1.807) is 6.07 Å². The van der Waals surface area contributed by atoms with E-state index in [0.29, 0.717) is 0 Å². The van der Waals surface area contributed by atoms with Gasteiger partial charge in [0.15, 0.2) is 5.84 Å². The summed E-state index contributed by atoms with van der Waals surface area (Å²) in [5.74, 6) is -1.73. The van der Waals surface area contributed by atoms with Gasteiger partial charge in [0.2, 0.25) is 5.71 Å². The second kappa shape index (κ2) is 5.65. The van der Waals surface area contributed by atoms with Crippen molar-refractivity contribution in [2.24, 2.45) is 10.8 Å². The normalized spacial score (nSPS) is 10.6. The number of hydrazone groups is 1. The van der Waals surface area contributed by atoms with Crippen LogP contribution in [0, 0.1) is 16.7 Å². The molecule has 0 aliphatic rings. The fraction of sp³-hybridized carbons (Fsp3) is 0. The van der Waals surface area contributed by atoms with Crippen molar-refractivity contribution in [1.82, 2.24) is 0 Å². The summed E-state index contributed by atoms with van der Waals surface area (Å²) in [6.45, 7) is 0. The fourth-order valence-electron chi connectivity index (χ4n) is 1.07. The predicted octanol–water partition coefficient (Wildman–Crippen LogP) is 1.27. The van der Waals surface area contributed by atoms with Crippen molar-refractivity contribution in [3.63, 3.8) is 0 Å². The molecule has 0 spiro atoms. The number of nitrogens with one attached hydrogen (secondary N) is 2. The summed E-state index contributed by atoms with van der Waals surface area (Å²) < 4.78 is 0. The molecule has 1 aromatic rings. The minimum absolute atomic E-state index is 0.0284. The minimum Gasteiger partial charge on any atom is -0.478 e. The zero-order chi connectivity index (χ0) is 13.7. The summed E-state index contributed by atoms with van der Waals surface area (Å²) >= 11 is 5.82. The quantitative estimate of drug-likeness (QED) is 0.369. The number of rotatable bonds is 4. The van der Waals surface area contributed by atoms with Crippen molar-refractivity contribution in [3.05, 3.63) is 28.8 Å². The third kappa shape index (κ3) is 2.96. The van der Waals surface area contributed by atoms with Gasteiger partial charge in [-0.3, -0.25) is 10.8 Å². The molecule has 0 aromatic heterocycles. The first-order chi connectivity index (χ1) is 8.47. The third-order valence-corrected chi connectivity index (χ3v) is 2.20. The molecular formula is C10H8ClN5O2. The molecule has 0 unspecified atom stereocenters. The first-order valence-corrected chi connectivity index (χ1v) is 4.95. The Labute approximate surface area is 107 Å². The standard InChI is InChI=1S/C10H8ClN5O2/c11-6-3-1-2-5(10(17)18)8(6)16-15-7(4-12)9(13)14/h1-3,16H,(H3,13,14)(H,17,18)/b15-7+. The smallest absolute Gasteiger partial charge is 0.337 e. The van der Waals surface area contributed by atoms with Gasteiger partial charge in [-0.2, -0.15) is 10.4 Å². The number of anilines is 1. The van der Waals surface area contributed by atoms with Crippen molar-refractivity contribution in [1.29, 1.82) is 10.7 Å². The molecular weight excluding hydrogens is 258 g/mol. The summed E-state index contributed by atoms with van der Waals surface area (Å²) in [5.41, 5.74) is 6.97. The number of halogens is 1. The van der Waals surface area contributed by atoms with E-state index in [1.807, 2.05) is 0 Å². The van der Waals surface area contributed by atoms with Crippen LogP contribution < -0.4 is 11.2 Å². The highest BCUT2D eigenvalue weighted by molar-refractivity contribution is 6.46. The van der Waals surface area contributed by atoms with Crippen molar-refractivity contribution in [3.8, 4) is 6.07 Å². The van der Waals surface area contributed by atoms with E-state index >= 15 is 0 Å². The maximum atomic E-state index is 10.9. The van der Waals surface area contributed by atoms with Gasteiger partial charge in [0.25, 0.3) is 0 Å². The molecule has 0 amide bonds. The molecule has 0 heterocycles. The highest BCUT2D eigenvalue weighted by atomic mass is 35.5. The van der Waals surface area contributed by atoms with Gasteiger partial charge < -0.3 is 10.8 Å². The number of nitrogens with zero attached hydrogens (tertiary/aromatic N) is 2. The Morgan fingerprint density at radius 1 is 1.61 bits per heavy atom. The lowest BCUT2D eigenvalue weighted by atomic mass is 10.2. The van der Waals surface area contributed by atoms with Crippen LogP contribution in [0.3, 0.4) is 0 Å². The number of para-hydroxylation sites is 1. The maximum Gasteiger partial charge on any atom is 0.337 e. The van der Waals surface area contributed by atoms with Crippen molar-refractivity contribution >= 4 is 34.8 Å². The van der Waals surface area contributed by atoms with Gasteiger partial charge in [0.05, 0.1) is 16.3 Å². The second-order valence-electron chi connectivity index (χ2n) is 3.07. The molecule has 0 fully saturated rings. The molecule has 5 N–H and O–H groups in total. The molecule has 0 aliphatic heterocycles. The number of hydrogen-bond donors (Lipinski definition) is 4. The first-order valence-electron chi connectivity index (χ1n) is 4.57. The summed E-state index contributed by atoms with van der Waals surface area (Å²) in [5, 5.41) is 28.3. The molecule has 92 valence electrons. The van der Waals surface area contributed by atoms with E-state index in [9.17, 15) is 4.79 Å². The van der Waals surface area contributed by atoms with E-state index in [0.717, 1.165) is 0 Å². The van der Waals surface area contributed by atoms with E-state index in [1.165, 1.54) is 18.2 Å². The number of hydrogen-bond acceptors (Lipinski definition) is 5. The molecule has 0 aliphatic carbocycles. The Morgan fingerprint density at radius 2 is 2.28 bits per heavy atom. The van der Waals surface area contributed by atoms with Crippen LogP contribution in [-0.4, -0.2) is 22.6 Å². The molecule has 0 atom stereocenters. The van der Waals surface area contributed by atoms with Crippen LogP contribution in [0.25, 0.3) is 0 Å². The monoisotopic (exact) mass is 265 g/mol. The van der Waals surface area contributed by atoms with Gasteiger partial charge in [0.1, 0.15) is 6.07 Å². The molecule has 1 aromatic carbocycles. The van der Waals surface area contributed by atoms with Crippen molar-refractivity contribution in [2.45, 2.75) is 0 Å². The minimum atomic E-state index is -1.20. The molecule has 1 rings (SSSR count). The lowest BCUT2D eigenvalue weighted by molar-refractivity contribution is 0.0698. The number of nitriles is 1. The van der Waals surface area contributed by atoms with E-state index in [4.69, 9.17) is 33.1 Å². The Balaban J connectivity index is 3.16. The largest absolute Gasteiger partial charge is 0.478 e. The third-order valence-electron chi connectivity index (χ3n) is 1.88. The van der Waals surface area contributed by atoms with Crippen LogP contribution in [0.4, 0.5) is 5.69 Å². The molecule has 7 nitrogen and oxygen atoms in total. The van der Waals surface area contributed by atoms with E-state index in [-0.39, 0.29) is 22.0 Å². The van der Waals surface area contributed by atoms with E-state index < -0.39 is 11.8 Å². The number of nitrogens with two attached hydrogens (primary N) is 1.